The number of hydrogen-bond acceptors (Lipinski definition) is 1. The molecule has 0 atom stereocenters. The van der Waals surface area contributed by atoms with Crippen LogP contribution in [0.2, 0.25) is 0 Å². The summed E-state index contributed by atoms with van der Waals surface area (Å²) >= 11 is 0. The van der Waals surface area contributed by atoms with Crippen LogP contribution in [0.25, 0.3) is 6.08 Å². The van der Waals surface area contributed by atoms with E-state index in [-0.39, 0.29) is 0 Å². The van der Waals surface area contributed by atoms with Crippen molar-refractivity contribution in [2.24, 2.45) is 0 Å². The van der Waals surface area contributed by atoms with E-state index in [1.54, 1.807) is 12.1 Å². The van der Waals surface area contributed by atoms with E-state index < -0.39 is 5.97 Å². The van der Waals surface area contributed by atoms with Gasteiger partial charge in [0, 0.05) is 0 Å². The van der Waals surface area contributed by atoms with Crippen molar-refractivity contribution < 1.29 is 9.90 Å². The molecule has 1 aromatic rings. The van der Waals surface area contributed by atoms with Crippen molar-refractivity contribution in [3.63, 3.8) is 0 Å². The number of carboxylic acid groups (broad SMARTS) is 1. The summed E-state index contributed by atoms with van der Waals surface area (Å²) in [5, 5.41) is 8.77. The first-order valence-corrected chi connectivity index (χ1v) is 6.74. The molecule has 0 spiro atoms. The van der Waals surface area contributed by atoms with Gasteiger partial charge in [-0.15, -0.1) is 0 Å². The molecule has 0 unspecified atom stereocenters. The zero-order chi connectivity index (χ0) is 13.2. The molecule has 0 amide bonds. The second kappa shape index (κ2) is 8.51. The molecule has 0 aliphatic heterocycles. The molecule has 98 valence electrons. The molecule has 0 fully saturated rings. The number of rotatable bonds is 8. The lowest BCUT2D eigenvalue weighted by Crippen LogP contribution is -1.94. The minimum Gasteiger partial charge on any atom is -0.478 e. The Morgan fingerprint density at radius 2 is 1.78 bits per heavy atom. The average Bonchev–Trinajstić information content (AvgIpc) is 2.38. The second-order valence-corrected chi connectivity index (χ2v) is 4.53. The van der Waals surface area contributed by atoms with E-state index in [1.807, 2.05) is 12.1 Å². The Hall–Kier alpha value is -1.57. The third kappa shape index (κ3) is 5.67. The minimum absolute atomic E-state index is 0.340. The van der Waals surface area contributed by atoms with Crippen LogP contribution < -0.4 is 0 Å². The van der Waals surface area contributed by atoms with Crippen LogP contribution >= 0.6 is 0 Å². The number of benzene rings is 1. The second-order valence-electron chi connectivity index (χ2n) is 4.53. The Balaban J connectivity index is 2.27. The number of unbranched alkanes of at least 4 members (excludes halogenated alkanes) is 5. The predicted molar refractivity (Wildman–Crippen MR) is 75.8 cm³/mol. The highest BCUT2D eigenvalue weighted by Gasteiger charge is 1.99. The Labute approximate surface area is 109 Å². The first kappa shape index (κ1) is 14.5. The van der Waals surface area contributed by atoms with Crippen LogP contribution in [-0.2, 0) is 0 Å². The Bertz CT molecular complexity index is 377. The van der Waals surface area contributed by atoms with E-state index in [0.29, 0.717) is 5.56 Å². The van der Waals surface area contributed by atoms with Crippen molar-refractivity contribution in [1.29, 1.82) is 0 Å². The van der Waals surface area contributed by atoms with Crippen molar-refractivity contribution in [2.75, 3.05) is 0 Å². The number of carbonyl (C=O) groups is 1. The highest BCUT2D eigenvalue weighted by molar-refractivity contribution is 5.87. The summed E-state index contributed by atoms with van der Waals surface area (Å²) in [4.78, 5) is 10.7. The first-order valence-electron chi connectivity index (χ1n) is 6.74. The largest absolute Gasteiger partial charge is 0.478 e. The molecule has 0 radical (unpaired) electrons. The summed E-state index contributed by atoms with van der Waals surface area (Å²) in [6.45, 7) is 2.22. The first-order chi connectivity index (χ1) is 8.74. The topological polar surface area (TPSA) is 37.3 Å². The molecule has 0 aliphatic rings. The summed E-state index contributed by atoms with van der Waals surface area (Å²) in [7, 11) is 0. The summed E-state index contributed by atoms with van der Waals surface area (Å²) < 4.78 is 0. The van der Waals surface area contributed by atoms with Crippen LogP contribution in [0, 0.1) is 0 Å². The fourth-order valence-electron chi connectivity index (χ4n) is 1.82. The van der Waals surface area contributed by atoms with E-state index >= 15 is 0 Å². The molecule has 0 heterocycles. The van der Waals surface area contributed by atoms with Crippen molar-refractivity contribution in [2.45, 2.75) is 45.4 Å². The van der Waals surface area contributed by atoms with E-state index in [2.05, 4.69) is 19.1 Å². The lowest BCUT2D eigenvalue weighted by atomic mass is 10.1. The van der Waals surface area contributed by atoms with Gasteiger partial charge in [0.25, 0.3) is 0 Å². The van der Waals surface area contributed by atoms with Crippen molar-refractivity contribution in [3.05, 3.63) is 41.5 Å². The number of aromatic carboxylic acids is 1. The lowest BCUT2D eigenvalue weighted by molar-refractivity contribution is 0.0697. The molecule has 2 nitrogen and oxygen atoms in total. The quantitative estimate of drug-likeness (QED) is 0.671. The van der Waals surface area contributed by atoms with Crippen LogP contribution in [-0.4, -0.2) is 11.1 Å². The van der Waals surface area contributed by atoms with E-state index in [1.165, 1.54) is 32.1 Å². The monoisotopic (exact) mass is 246 g/mol. The zero-order valence-electron chi connectivity index (χ0n) is 11.1. The smallest absolute Gasteiger partial charge is 0.335 e. The number of carboxylic acids is 1. The van der Waals surface area contributed by atoms with Crippen LogP contribution in [0.15, 0.2) is 30.3 Å². The predicted octanol–water partition coefficient (Wildman–Crippen LogP) is 4.76. The van der Waals surface area contributed by atoms with E-state index in [9.17, 15) is 4.79 Å². The zero-order valence-corrected chi connectivity index (χ0v) is 11.1. The summed E-state index contributed by atoms with van der Waals surface area (Å²) in [6.07, 6.45) is 11.8. The van der Waals surface area contributed by atoms with Gasteiger partial charge in [0.05, 0.1) is 5.56 Å². The third-order valence-electron chi connectivity index (χ3n) is 2.94. The molecule has 1 rings (SSSR count). The van der Waals surface area contributed by atoms with Gasteiger partial charge in [-0.2, -0.15) is 0 Å². The number of allylic oxidation sites excluding steroid dienone is 1. The fraction of sp³-hybridized carbons (Fsp3) is 0.438. The van der Waals surface area contributed by atoms with E-state index in [4.69, 9.17) is 5.11 Å². The SMILES string of the molecule is CCCCCCCC=Cc1ccc(C(=O)O)cc1. The highest BCUT2D eigenvalue weighted by Crippen LogP contribution is 2.09. The van der Waals surface area contributed by atoms with Gasteiger partial charge in [0.2, 0.25) is 0 Å². The fourth-order valence-corrected chi connectivity index (χ4v) is 1.82. The minimum atomic E-state index is -0.874. The molecule has 0 saturated heterocycles. The van der Waals surface area contributed by atoms with Crippen molar-refractivity contribution in [3.8, 4) is 0 Å². The highest BCUT2D eigenvalue weighted by atomic mass is 16.4. The van der Waals surface area contributed by atoms with Crippen LogP contribution in [0.5, 0.6) is 0 Å². The van der Waals surface area contributed by atoms with Crippen molar-refractivity contribution >= 4 is 12.0 Å². The maximum Gasteiger partial charge on any atom is 0.335 e. The standard InChI is InChI=1S/C16H22O2/c1-2-3-4-5-6-7-8-9-14-10-12-15(13-11-14)16(17)18/h8-13H,2-7H2,1H3,(H,17,18). The Morgan fingerprint density at radius 3 is 2.39 bits per heavy atom. The van der Waals surface area contributed by atoms with Gasteiger partial charge in [-0.3, -0.25) is 0 Å². The lowest BCUT2D eigenvalue weighted by Gasteiger charge is -1.97. The summed E-state index contributed by atoms with van der Waals surface area (Å²) in [6, 6.07) is 6.97. The molecule has 0 aromatic heterocycles. The van der Waals surface area contributed by atoms with E-state index in [0.717, 1.165) is 12.0 Å². The van der Waals surface area contributed by atoms with Gasteiger partial charge < -0.3 is 5.11 Å². The maximum atomic E-state index is 10.7. The molecule has 18 heavy (non-hydrogen) atoms. The van der Waals surface area contributed by atoms with Gasteiger partial charge >= 0.3 is 5.97 Å². The van der Waals surface area contributed by atoms with Gasteiger partial charge in [0.1, 0.15) is 0 Å². The molecule has 1 aromatic carbocycles. The van der Waals surface area contributed by atoms with Crippen LogP contribution in [0.4, 0.5) is 0 Å². The molecule has 1 N–H and O–H groups in total. The third-order valence-corrected chi connectivity index (χ3v) is 2.94. The van der Waals surface area contributed by atoms with Gasteiger partial charge in [-0.05, 0) is 30.5 Å². The molecule has 0 saturated carbocycles. The Kier molecular flexibility index (Phi) is 6.85. The van der Waals surface area contributed by atoms with Crippen molar-refractivity contribution in [1.82, 2.24) is 0 Å². The van der Waals surface area contributed by atoms with Crippen LogP contribution in [0.3, 0.4) is 0 Å². The summed E-state index contributed by atoms with van der Waals surface area (Å²) in [5.74, 6) is -0.874. The van der Waals surface area contributed by atoms with Gasteiger partial charge in [0.15, 0.2) is 0 Å². The normalized spacial score (nSPS) is 10.9. The van der Waals surface area contributed by atoms with Gasteiger partial charge in [-0.25, -0.2) is 4.79 Å². The number of hydrogen-bond donors (Lipinski definition) is 1. The molecule has 0 bridgehead atoms. The molecular formula is C16H22O2. The van der Waals surface area contributed by atoms with Gasteiger partial charge in [-0.1, -0.05) is 56.9 Å². The molecule has 0 aliphatic carbocycles. The average molecular weight is 246 g/mol. The van der Waals surface area contributed by atoms with Crippen LogP contribution in [0.1, 0.15) is 61.4 Å². The molecular weight excluding hydrogens is 224 g/mol. The Morgan fingerprint density at radius 1 is 1.11 bits per heavy atom. The maximum absolute atomic E-state index is 10.7. The summed E-state index contributed by atoms with van der Waals surface area (Å²) in [5.41, 5.74) is 1.40. The molecule has 2 heteroatoms.